The normalized spacial score (nSPS) is 11.4. The summed E-state index contributed by atoms with van der Waals surface area (Å²) in [6.45, 7) is 1.59. The van der Waals surface area contributed by atoms with Crippen molar-refractivity contribution in [2.24, 2.45) is 0 Å². The first-order chi connectivity index (χ1) is 11.0. The number of nitrogens with one attached hydrogen (secondary N) is 2. The zero-order valence-electron chi connectivity index (χ0n) is 12.7. The smallest absolute Gasteiger partial charge is 0.337 e. The second-order valence-corrected chi connectivity index (χ2v) is 5.68. The predicted octanol–water partition coefficient (Wildman–Crippen LogP) is 2.29. The van der Waals surface area contributed by atoms with Crippen molar-refractivity contribution in [2.75, 3.05) is 12.4 Å². The molecule has 1 unspecified atom stereocenters. The van der Waals surface area contributed by atoms with Crippen molar-refractivity contribution in [3.8, 4) is 0 Å². The van der Waals surface area contributed by atoms with E-state index in [0.717, 1.165) is 0 Å². The summed E-state index contributed by atoms with van der Waals surface area (Å²) in [6.07, 6.45) is 0. The zero-order valence-corrected chi connectivity index (χ0v) is 13.5. The Labute approximate surface area is 137 Å². The Bertz CT molecular complexity index is 713. The topological polar surface area (TPSA) is 84.5 Å². The average Bonchev–Trinajstić information content (AvgIpc) is 3.08. The molecule has 120 valence electrons. The van der Waals surface area contributed by atoms with Crippen LogP contribution in [0.2, 0.25) is 0 Å². The van der Waals surface area contributed by atoms with Gasteiger partial charge in [-0.05, 0) is 36.6 Å². The fourth-order valence-electron chi connectivity index (χ4n) is 1.83. The van der Waals surface area contributed by atoms with Crippen molar-refractivity contribution in [3.63, 3.8) is 0 Å². The first-order valence-electron chi connectivity index (χ1n) is 6.85. The van der Waals surface area contributed by atoms with Gasteiger partial charge < -0.3 is 15.4 Å². The van der Waals surface area contributed by atoms with Gasteiger partial charge in [-0.15, -0.1) is 11.3 Å². The minimum Gasteiger partial charge on any atom is -0.465 e. The molecule has 7 heteroatoms. The second-order valence-electron chi connectivity index (χ2n) is 4.73. The number of carbonyl (C=O) groups excluding carboxylic acids is 3. The van der Waals surface area contributed by atoms with Crippen LogP contribution in [0.3, 0.4) is 0 Å². The van der Waals surface area contributed by atoms with Crippen LogP contribution in [0.25, 0.3) is 0 Å². The predicted molar refractivity (Wildman–Crippen MR) is 87.7 cm³/mol. The van der Waals surface area contributed by atoms with Crippen LogP contribution in [0.15, 0.2) is 41.8 Å². The zero-order chi connectivity index (χ0) is 16.8. The van der Waals surface area contributed by atoms with Gasteiger partial charge in [-0.2, -0.15) is 0 Å². The van der Waals surface area contributed by atoms with Crippen LogP contribution < -0.4 is 10.6 Å². The minimum absolute atomic E-state index is 0.300. The maximum absolute atomic E-state index is 12.1. The molecule has 2 rings (SSSR count). The van der Waals surface area contributed by atoms with E-state index in [4.69, 9.17) is 0 Å². The van der Waals surface area contributed by atoms with E-state index in [9.17, 15) is 14.4 Å². The number of amides is 2. The highest BCUT2D eigenvalue weighted by Crippen LogP contribution is 2.12. The van der Waals surface area contributed by atoms with Crippen molar-refractivity contribution >= 4 is 34.8 Å². The van der Waals surface area contributed by atoms with Gasteiger partial charge in [0.1, 0.15) is 6.04 Å². The summed E-state index contributed by atoms with van der Waals surface area (Å²) < 4.78 is 4.63. The van der Waals surface area contributed by atoms with Crippen molar-refractivity contribution < 1.29 is 19.1 Å². The fraction of sp³-hybridized carbons (Fsp3) is 0.188. The molecular weight excluding hydrogens is 316 g/mol. The van der Waals surface area contributed by atoms with Crippen LogP contribution in [0.4, 0.5) is 5.69 Å². The number of methoxy groups -OCH3 is 1. The first-order valence-corrected chi connectivity index (χ1v) is 7.73. The van der Waals surface area contributed by atoms with E-state index < -0.39 is 12.0 Å². The number of benzene rings is 1. The van der Waals surface area contributed by atoms with Gasteiger partial charge in [0.2, 0.25) is 5.91 Å². The average molecular weight is 332 g/mol. The van der Waals surface area contributed by atoms with Gasteiger partial charge in [-0.25, -0.2) is 4.79 Å². The van der Waals surface area contributed by atoms with Gasteiger partial charge in [0, 0.05) is 5.69 Å². The van der Waals surface area contributed by atoms with Crippen molar-refractivity contribution in [3.05, 3.63) is 52.2 Å². The third-order valence-electron chi connectivity index (χ3n) is 3.04. The Kier molecular flexibility index (Phi) is 5.48. The molecule has 0 aliphatic carbocycles. The van der Waals surface area contributed by atoms with Gasteiger partial charge in [0.15, 0.2) is 0 Å². The molecule has 6 nitrogen and oxygen atoms in total. The molecule has 0 saturated heterocycles. The largest absolute Gasteiger partial charge is 0.465 e. The van der Waals surface area contributed by atoms with E-state index in [0.29, 0.717) is 16.1 Å². The maximum Gasteiger partial charge on any atom is 0.337 e. The van der Waals surface area contributed by atoms with Gasteiger partial charge in [-0.3, -0.25) is 9.59 Å². The number of rotatable bonds is 5. The van der Waals surface area contributed by atoms with E-state index in [2.05, 4.69) is 15.4 Å². The lowest BCUT2D eigenvalue weighted by Crippen LogP contribution is -2.41. The Morgan fingerprint density at radius 3 is 2.61 bits per heavy atom. The molecule has 23 heavy (non-hydrogen) atoms. The van der Waals surface area contributed by atoms with Crippen LogP contribution in [0.5, 0.6) is 0 Å². The molecule has 0 bridgehead atoms. The summed E-state index contributed by atoms with van der Waals surface area (Å²) in [5.74, 6) is -1.16. The van der Waals surface area contributed by atoms with Crippen molar-refractivity contribution in [1.29, 1.82) is 0 Å². The minimum atomic E-state index is -0.716. The Morgan fingerprint density at radius 2 is 1.96 bits per heavy atom. The lowest BCUT2D eigenvalue weighted by Gasteiger charge is -2.14. The third kappa shape index (κ3) is 4.40. The van der Waals surface area contributed by atoms with Gasteiger partial charge in [-0.1, -0.05) is 12.1 Å². The molecule has 0 aliphatic rings. The number of hydrogen-bond acceptors (Lipinski definition) is 5. The molecule has 2 N–H and O–H groups in total. The van der Waals surface area contributed by atoms with Gasteiger partial charge in [0.25, 0.3) is 5.91 Å². The molecule has 0 fully saturated rings. The Balaban J connectivity index is 1.98. The molecule has 1 aromatic carbocycles. The van der Waals surface area contributed by atoms with Crippen LogP contribution >= 0.6 is 11.3 Å². The fourth-order valence-corrected chi connectivity index (χ4v) is 2.46. The highest BCUT2D eigenvalue weighted by atomic mass is 32.1. The third-order valence-corrected chi connectivity index (χ3v) is 3.91. The molecule has 2 amide bonds. The van der Waals surface area contributed by atoms with Gasteiger partial charge >= 0.3 is 5.97 Å². The molecule has 0 saturated carbocycles. The summed E-state index contributed by atoms with van der Waals surface area (Å²) >= 11 is 1.30. The molecule has 2 aromatic rings. The number of carbonyl (C=O) groups is 3. The van der Waals surface area contributed by atoms with E-state index in [-0.39, 0.29) is 11.8 Å². The Hall–Kier alpha value is -2.67. The van der Waals surface area contributed by atoms with E-state index in [1.54, 1.807) is 42.6 Å². The summed E-state index contributed by atoms with van der Waals surface area (Å²) in [4.78, 5) is 36.1. The molecule has 0 aliphatic heterocycles. The standard InChI is InChI=1S/C16H16N2O4S/c1-10(17-15(20)13-7-4-8-23-13)14(19)18-12-6-3-5-11(9-12)16(21)22-2/h3-10H,1-2H3,(H,17,20)(H,18,19). The highest BCUT2D eigenvalue weighted by molar-refractivity contribution is 7.12. The van der Waals surface area contributed by atoms with Crippen LogP contribution in [0, 0.1) is 0 Å². The number of hydrogen-bond donors (Lipinski definition) is 2. The Morgan fingerprint density at radius 1 is 1.17 bits per heavy atom. The quantitative estimate of drug-likeness (QED) is 0.823. The molecule has 0 spiro atoms. The van der Waals surface area contributed by atoms with Crippen LogP contribution in [0.1, 0.15) is 27.0 Å². The van der Waals surface area contributed by atoms with Crippen molar-refractivity contribution in [2.45, 2.75) is 13.0 Å². The number of anilines is 1. The molecule has 1 heterocycles. The SMILES string of the molecule is COC(=O)c1cccc(NC(=O)C(C)NC(=O)c2cccs2)c1. The molecular formula is C16H16N2O4S. The lowest BCUT2D eigenvalue weighted by molar-refractivity contribution is -0.117. The van der Waals surface area contributed by atoms with Crippen molar-refractivity contribution in [1.82, 2.24) is 5.32 Å². The van der Waals surface area contributed by atoms with E-state index in [1.807, 2.05) is 0 Å². The maximum atomic E-state index is 12.1. The van der Waals surface area contributed by atoms with Gasteiger partial charge in [0.05, 0.1) is 17.6 Å². The van der Waals surface area contributed by atoms with Crippen LogP contribution in [-0.2, 0) is 9.53 Å². The number of thiophene rings is 1. The molecule has 0 radical (unpaired) electrons. The second kappa shape index (κ2) is 7.55. The lowest BCUT2D eigenvalue weighted by atomic mass is 10.2. The summed E-state index contributed by atoms with van der Waals surface area (Å²) in [5, 5.41) is 7.06. The summed E-state index contributed by atoms with van der Waals surface area (Å²) in [7, 11) is 1.29. The van der Waals surface area contributed by atoms with E-state index in [1.165, 1.54) is 24.5 Å². The highest BCUT2D eigenvalue weighted by Gasteiger charge is 2.17. The summed E-state index contributed by atoms with van der Waals surface area (Å²) in [6, 6.07) is 9.12. The molecule has 1 aromatic heterocycles. The summed E-state index contributed by atoms with van der Waals surface area (Å²) in [5.41, 5.74) is 0.788. The van der Waals surface area contributed by atoms with E-state index >= 15 is 0 Å². The van der Waals surface area contributed by atoms with Crippen LogP contribution in [-0.4, -0.2) is 30.9 Å². The number of esters is 1. The monoisotopic (exact) mass is 332 g/mol. The molecule has 1 atom stereocenters. The number of ether oxygens (including phenoxy) is 1. The first kappa shape index (κ1) is 16.7.